The summed E-state index contributed by atoms with van der Waals surface area (Å²) < 4.78 is 14.7. The van der Waals surface area contributed by atoms with Crippen LogP contribution in [-0.2, 0) is 4.79 Å². The molecule has 4 aromatic heterocycles. The molecule has 4 N–H and O–H groups in total. The van der Waals surface area contributed by atoms with E-state index in [9.17, 15) is 9.18 Å². The number of aromatic nitrogens is 6. The van der Waals surface area contributed by atoms with E-state index in [0.29, 0.717) is 52.6 Å². The molecule has 0 bridgehead atoms. The average molecular weight is 564 g/mol. The van der Waals surface area contributed by atoms with Crippen LogP contribution in [-0.4, -0.2) is 68.1 Å². The highest BCUT2D eigenvalue weighted by atomic mass is 19.1. The number of anilines is 2. The van der Waals surface area contributed by atoms with E-state index in [2.05, 4.69) is 40.7 Å². The Morgan fingerprint density at radius 1 is 1.00 bits per heavy atom. The first kappa shape index (κ1) is 27.0. The molecule has 212 valence electrons. The highest BCUT2D eigenvalue weighted by Gasteiger charge is 2.17. The number of carbonyl (C=O) groups excluding carboxylic acids is 1. The Morgan fingerprint density at radius 2 is 1.86 bits per heavy atom. The number of aromatic amines is 2. The van der Waals surface area contributed by atoms with Crippen LogP contribution < -0.4 is 10.6 Å². The highest BCUT2D eigenvalue weighted by molar-refractivity contribution is 5.98. The summed E-state index contributed by atoms with van der Waals surface area (Å²) in [7, 11) is 3.99. The summed E-state index contributed by atoms with van der Waals surface area (Å²) in [6, 6.07) is 14.6. The number of likely N-dealkylation sites (N-methyl/N-ethyl adjacent to an activating group) is 1. The lowest BCUT2D eigenvalue weighted by atomic mass is 10.0. The number of halogens is 1. The fourth-order valence-corrected chi connectivity index (χ4v) is 4.82. The maximum Gasteiger partial charge on any atom is 0.224 e. The molecular weight excluding hydrogens is 533 g/mol. The van der Waals surface area contributed by atoms with Crippen LogP contribution in [0.15, 0.2) is 67.1 Å². The van der Waals surface area contributed by atoms with Crippen LogP contribution in [0.1, 0.15) is 13.3 Å². The second kappa shape index (κ2) is 11.4. The number of hydrogen-bond donors (Lipinski definition) is 4. The van der Waals surface area contributed by atoms with Crippen LogP contribution in [0.3, 0.4) is 0 Å². The number of rotatable bonds is 9. The number of H-pyrrole nitrogens is 2. The van der Waals surface area contributed by atoms with E-state index in [4.69, 9.17) is 4.98 Å². The van der Waals surface area contributed by atoms with Gasteiger partial charge in [-0.1, -0.05) is 13.0 Å². The Kier molecular flexibility index (Phi) is 7.32. The normalized spacial score (nSPS) is 11.5. The Morgan fingerprint density at radius 3 is 2.69 bits per heavy atom. The summed E-state index contributed by atoms with van der Waals surface area (Å²) in [5.74, 6) is 0.133. The lowest BCUT2D eigenvalue weighted by molar-refractivity contribution is -0.115. The monoisotopic (exact) mass is 563 g/mol. The van der Waals surface area contributed by atoms with Crippen LogP contribution in [0.5, 0.6) is 0 Å². The van der Waals surface area contributed by atoms with E-state index in [-0.39, 0.29) is 11.7 Å². The predicted octanol–water partition coefficient (Wildman–Crippen LogP) is 5.69. The van der Waals surface area contributed by atoms with Crippen LogP contribution in [0.2, 0.25) is 0 Å². The summed E-state index contributed by atoms with van der Waals surface area (Å²) in [6.07, 6.45) is 5.43. The molecule has 10 nitrogen and oxygen atoms in total. The zero-order chi connectivity index (χ0) is 29.2. The zero-order valence-corrected chi connectivity index (χ0v) is 23.5. The van der Waals surface area contributed by atoms with Crippen molar-refractivity contribution in [2.75, 3.05) is 37.8 Å². The molecule has 0 aliphatic rings. The number of benzene rings is 2. The molecule has 1 amide bonds. The first-order chi connectivity index (χ1) is 20.4. The van der Waals surface area contributed by atoms with Crippen molar-refractivity contribution in [2.24, 2.45) is 0 Å². The van der Waals surface area contributed by atoms with Gasteiger partial charge in [-0.25, -0.2) is 14.4 Å². The average Bonchev–Trinajstić information content (AvgIpc) is 3.60. The summed E-state index contributed by atoms with van der Waals surface area (Å²) in [6.45, 7) is 3.32. The van der Waals surface area contributed by atoms with Crippen molar-refractivity contribution < 1.29 is 9.18 Å². The van der Waals surface area contributed by atoms with E-state index < -0.39 is 0 Å². The number of amides is 1. The summed E-state index contributed by atoms with van der Waals surface area (Å²) in [5.41, 5.74) is 7.26. The molecule has 0 aliphatic heterocycles. The van der Waals surface area contributed by atoms with Gasteiger partial charge in [0.2, 0.25) is 5.91 Å². The van der Waals surface area contributed by atoms with E-state index in [1.54, 1.807) is 25.5 Å². The third kappa shape index (κ3) is 5.54. The smallest absolute Gasteiger partial charge is 0.224 e. The Bertz CT molecular complexity index is 1910. The van der Waals surface area contributed by atoms with E-state index in [1.807, 2.05) is 50.5 Å². The maximum absolute atomic E-state index is 14.7. The van der Waals surface area contributed by atoms with Gasteiger partial charge >= 0.3 is 0 Å². The van der Waals surface area contributed by atoms with E-state index >= 15 is 0 Å². The molecule has 0 atom stereocenters. The van der Waals surface area contributed by atoms with Crippen LogP contribution >= 0.6 is 0 Å². The van der Waals surface area contributed by atoms with Gasteiger partial charge in [-0.15, -0.1) is 0 Å². The third-order valence-corrected chi connectivity index (χ3v) is 6.95. The quantitative estimate of drug-likeness (QED) is 0.178. The first-order valence-electron chi connectivity index (χ1n) is 13.7. The molecule has 2 aromatic carbocycles. The van der Waals surface area contributed by atoms with Gasteiger partial charge in [-0.05, 0) is 67.7 Å². The van der Waals surface area contributed by atoms with Crippen molar-refractivity contribution in [3.8, 4) is 33.8 Å². The molecule has 0 unspecified atom stereocenters. The van der Waals surface area contributed by atoms with Crippen molar-refractivity contribution in [3.05, 3.63) is 72.9 Å². The predicted molar refractivity (Wildman–Crippen MR) is 164 cm³/mol. The second-order valence-electron chi connectivity index (χ2n) is 10.3. The van der Waals surface area contributed by atoms with Gasteiger partial charge in [0.1, 0.15) is 11.5 Å². The highest BCUT2D eigenvalue weighted by Crippen LogP contribution is 2.34. The molecule has 0 radical (unpaired) electrons. The van der Waals surface area contributed by atoms with E-state index in [0.717, 1.165) is 34.1 Å². The van der Waals surface area contributed by atoms with Crippen LogP contribution in [0.25, 0.3) is 55.8 Å². The Labute approximate surface area is 241 Å². The number of nitrogens with zero attached hydrogens (tertiary/aromatic N) is 5. The van der Waals surface area contributed by atoms with Gasteiger partial charge in [-0.2, -0.15) is 5.10 Å². The van der Waals surface area contributed by atoms with Crippen molar-refractivity contribution >= 4 is 39.3 Å². The van der Waals surface area contributed by atoms with Crippen molar-refractivity contribution in [3.63, 3.8) is 0 Å². The molecule has 11 heteroatoms. The largest absolute Gasteiger partial charge is 0.384 e. The molecular formula is C31H30FN9O. The molecule has 0 spiro atoms. The molecule has 0 saturated carbocycles. The molecule has 6 rings (SSSR count). The standard InChI is InChI=1S/C31H30FN9O/c1-4-27(42)36-23-13-20(16-33-17-23)18-5-6-26-25(14-18)29(40-39-26)31-37-28-24(7-8-35-30(28)38-31)19-11-21(32)15-22(12-19)34-9-10-41(2)3/h5-8,11-17,34H,4,9-10H2,1-3H3,(H,36,42)(H,39,40)(H,35,37,38). The van der Waals surface area contributed by atoms with Gasteiger partial charge in [-0.3, -0.25) is 14.9 Å². The maximum atomic E-state index is 14.7. The molecule has 4 heterocycles. The van der Waals surface area contributed by atoms with Crippen molar-refractivity contribution in [1.82, 2.24) is 35.0 Å². The number of imidazole rings is 1. The molecule has 0 saturated heterocycles. The fraction of sp³-hybridized carbons (Fsp3) is 0.194. The van der Waals surface area contributed by atoms with Gasteiger partial charge in [0.05, 0.1) is 22.9 Å². The van der Waals surface area contributed by atoms with Gasteiger partial charge < -0.3 is 20.5 Å². The summed E-state index contributed by atoms with van der Waals surface area (Å²) >= 11 is 0. The fourth-order valence-electron chi connectivity index (χ4n) is 4.82. The number of fused-ring (bicyclic) bond motifs is 2. The Hall–Kier alpha value is -5.16. The van der Waals surface area contributed by atoms with Gasteiger partial charge in [0, 0.05) is 54.1 Å². The van der Waals surface area contributed by atoms with Crippen molar-refractivity contribution in [2.45, 2.75) is 13.3 Å². The summed E-state index contributed by atoms with van der Waals surface area (Å²) in [5, 5.41) is 14.6. The third-order valence-electron chi connectivity index (χ3n) is 6.95. The lowest BCUT2D eigenvalue weighted by Crippen LogP contribution is -2.20. The SMILES string of the molecule is CCC(=O)Nc1cncc(-c2ccc3[nH]nc(-c4nc5nccc(-c6cc(F)cc(NCCN(C)C)c6)c5[nH]4)c3c2)c1. The van der Waals surface area contributed by atoms with Crippen LogP contribution in [0.4, 0.5) is 15.8 Å². The first-order valence-corrected chi connectivity index (χ1v) is 13.7. The number of nitrogens with one attached hydrogen (secondary N) is 4. The topological polar surface area (TPSA) is 128 Å². The van der Waals surface area contributed by atoms with Crippen LogP contribution in [0, 0.1) is 5.82 Å². The van der Waals surface area contributed by atoms with Gasteiger partial charge in [0.25, 0.3) is 0 Å². The minimum atomic E-state index is -0.330. The molecule has 0 aliphatic carbocycles. The molecule has 42 heavy (non-hydrogen) atoms. The second-order valence-corrected chi connectivity index (χ2v) is 10.3. The number of hydrogen-bond acceptors (Lipinski definition) is 7. The van der Waals surface area contributed by atoms with Gasteiger partial charge in [0.15, 0.2) is 11.5 Å². The zero-order valence-electron chi connectivity index (χ0n) is 23.5. The van der Waals surface area contributed by atoms with Crippen molar-refractivity contribution in [1.29, 1.82) is 0 Å². The Balaban J connectivity index is 1.36. The minimum Gasteiger partial charge on any atom is -0.384 e. The molecule has 0 fully saturated rings. The number of pyridine rings is 2. The van der Waals surface area contributed by atoms with E-state index in [1.165, 1.54) is 12.1 Å². The summed E-state index contributed by atoms with van der Waals surface area (Å²) in [4.78, 5) is 30.8. The number of carbonyl (C=O) groups is 1. The molecule has 6 aromatic rings. The minimum absolute atomic E-state index is 0.0746. The lowest BCUT2D eigenvalue weighted by Gasteiger charge is -2.13.